The summed E-state index contributed by atoms with van der Waals surface area (Å²) in [5, 5.41) is 3.84. The van der Waals surface area contributed by atoms with Crippen LogP contribution >= 0.6 is 0 Å². The maximum absolute atomic E-state index is 12.4. The molecule has 0 radical (unpaired) electrons. The van der Waals surface area contributed by atoms with Crippen LogP contribution < -0.4 is 5.32 Å². The van der Waals surface area contributed by atoms with Crippen molar-refractivity contribution >= 4 is 6.09 Å². The Morgan fingerprint density at radius 1 is 1.17 bits per heavy atom. The molecule has 0 aromatic rings. The highest BCUT2D eigenvalue weighted by molar-refractivity contribution is 5.68. The lowest BCUT2D eigenvalue weighted by molar-refractivity contribution is 0.00562. The minimum Gasteiger partial charge on any atom is -0.444 e. The van der Waals surface area contributed by atoms with Gasteiger partial charge >= 0.3 is 6.09 Å². The summed E-state index contributed by atoms with van der Waals surface area (Å²) in [5.74, 6) is 0. The van der Waals surface area contributed by atoms with Crippen LogP contribution in [0.5, 0.6) is 0 Å². The Hall–Kier alpha value is -0.770. The van der Waals surface area contributed by atoms with Crippen LogP contribution in [0.1, 0.15) is 80.1 Å². The van der Waals surface area contributed by atoms with Gasteiger partial charge in [-0.05, 0) is 71.6 Å². The number of piperidine rings is 1. The van der Waals surface area contributed by atoms with Crippen LogP contribution in [0.2, 0.25) is 0 Å². The van der Waals surface area contributed by atoms with Crippen LogP contribution in [0.4, 0.5) is 4.79 Å². The molecule has 1 N–H and O–H groups in total. The fourth-order valence-corrected chi connectivity index (χ4v) is 3.81. The molecule has 2 unspecified atom stereocenters. The number of carbonyl (C=O) groups is 1. The lowest BCUT2D eigenvalue weighted by atomic mass is 9.75. The normalized spacial score (nSPS) is 29.4. The predicted molar refractivity (Wildman–Crippen MR) is 94.6 cm³/mol. The monoisotopic (exact) mass is 324 g/mol. The standard InChI is InChI=1S/C19H36N2O2/c1-14-16(20-15-9-11-19(5,6)12-10-15)8-7-13-21(14)17(22)23-18(2,3)4/h14-16,20H,7-13H2,1-6H3. The van der Waals surface area contributed by atoms with E-state index in [1.807, 2.05) is 25.7 Å². The molecule has 0 aromatic heterocycles. The van der Waals surface area contributed by atoms with E-state index in [9.17, 15) is 4.79 Å². The summed E-state index contributed by atoms with van der Waals surface area (Å²) in [4.78, 5) is 14.3. The van der Waals surface area contributed by atoms with Gasteiger partial charge in [0.25, 0.3) is 0 Å². The van der Waals surface area contributed by atoms with Gasteiger partial charge in [-0.25, -0.2) is 4.79 Å². The van der Waals surface area contributed by atoms with Crippen molar-refractivity contribution in [2.24, 2.45) is 5.41 Å². The second kappa shape index (κ2) is 7.00. The zero-order chi connectivity index (χ0) is 17.3. The molecule has 0 spiro atoms. The lowest BCUT2D eigenvalue weighted by Gasteiger charge is -2.43. The summed E-state index contributed by atoms with van der Waals surface area (Å²) < 4.78 is 5.57. The SMILES string of the molecule is CC1C(NC2CCC(C)(C)CC2)CCCN1C(=O)OC(C)(C)C. The fourth-order valence-electron chi connectivity index (χ4n) is 3.81. The van der Waals surface area contributed by atoms with Gasteiger partial charge < -0.3 is 15.0 Å². The molecule has 2 fully saturated rings. The molecule has 4 heteroatoms. The van der Waals surface area contributed by atoms with Crippen LogP contribution in [0.3, 0.4) is 0 Å². The van der Waals surface area contributed by atoms with Crippen LogP contribution in [0.25, 0.3) is 0 Å². The molecule has 0 bridgehead atoms. The third-order valence-electron chi connectivity index (χ3n) is 5.41. The average Bonchev–Trinajstić information content (AvgIpc) is 2.41. The molecule has 1 heterocycles. The quantitative estimate of drug-likeness (QED) is 0.822. The van der Waals surface area contributed by atoms with Crippen molar-refractivity contribution in [1.82, 2.24) is 10.2 Å². The van der Waals surface area contributed by atoms with Gasteiger partial charge in [0, 0.05) is 24.7 Å². The van der Waals surface area contributed by atoms with Crippen LogP contribution in [-0.2, 0) is 4.74 Å². The van der Waals surface area contributed by atoms with E-state index < -0.39 is 5.60 Å². The Bertz CT molecular complexity index is 404. The van der Waals surface area contributed by atoms with Crippen molar-refractivity contribution in [1.29, 1.82) is 0 Å². The van der Waals surface area contributed by atoms with E-state index in [4.69, 9.17) is 4.74 Å². The van der Waals surface area contributed by atoms with Gasteiger partial charge in [-0.1, -0.05) is 13.8 Å². The van der Waals surface area contributed by atoms with Crippen molar-refractivity contribution in [3.05, 3.63) is 0 Å². The van der Waals surface area contributed by atoms with Gasteiger partial charge in [-0.2, -0.15) is 0 Å². The highest BCUT2D eigenvalue weighted by Gasteiger charge is 2.35. The second-order valence-corrected chi connectivity index (χ2v) is 9.27. The molecule has 4 nitrogen and oxygen atoms in total. The van der Waals surface area contributed by atoms with Gasteiger partial charge in [-0.3, -0.25) is 0 Å². The Kier molecular flexibility index (Phi) is 5.65. The summed E-state index contributed by atoms with van der Waals surface area (Å²) in [6.07, 6.45) is 7.13. The molecule has 2 aliphatic rings. The van der Waals surface area contributed by atoms with Gasteiger partial charge in [0.15, 0.2) is 0 Å². The molecule has 1 saturated heterocycles. The van der Waals surface area contributed by atoms with Crippen molar-refractivity contribution in [2.45, 2.75) is 104 Å². The summed E-state index contributed by atoms with van der Waals surface area (Å²) in [7, 11) is 0. The smallest absolute Gasteiger partial charge is 0.410 e. The Labute approximate surface area is 142 Å². The average molecular weight is 325 g/mol. The molecule has 2 atom stereocenters. The molecular formula is C19H36N2O2. The van der Waals surface area contributed by atoms with E-state index in [0.717, 1.165) is 19.4 Å². The Balaban J connectivity index is 1.89. The summed E-state index contributed by atoms with van der Waals surface area (Å²) in [6.45, 7) is 13.5. The minimum absolute atomic E-state index is 0.165. The topological polar surface area (TPSA) is 41.6 Å². The number of hydrogen-bond donors (Lipinski definition) is 1. The molecule has 1 amide bonds. The Morgan fingerprint density at radius 2 is 1.78 bits per heavy atom. The molecule has 134 valence electrons. The van der Waals surface area contributed by atoms with E-state index in [1.165, 1.54) is 25.7 Å². The largest absolute Gasteiger partial charge is 0.444 e. The van der Waals surface area contributed by atoms with Gasteiger partial charge in [0.1, 0.15) is 5.60 Å². The van der Waals surface area contributed by atoms with Crippen LogP contribution in [0, 0.1) is 5.41 Å². The third-order valence-corrected chi connectivity index (χ3v) is 5.41. The summed E-state index contributed by atoms with van der Waals surface area (Å²) in [5.41, 5.74) is 0.0744. The molecule has 0 aromatic carbocycles. The molecule has 23 heavy (non-hydrogen) atoms. The molecule has 1 aliphatic heterocycles. The van der Waals surface area contributed by atoms with Crippen LogP contribution in [-0.4, -0.2) is 41.3 Å². The van der Waals surface area contributed by atoms with E-state index in [1.54, 1.807) is 0 Å². The summed E-state index contributed by atoms with van der Waals surface area (Å²) in [6, 6.07) is 1.20. The maximum Gasteiger partial charge on any atom is 0.410 e. The van der Waals surface area contributed by atoms with Crippen LogP contribution in [0.15, 0.2) is 0 Å². The van der Waals surface area contributed by atoms with Gasteiger partial charge in [0.05, 0.1) is 0 Å². The zero-order valence-electron chi connectivity index (χ0n) is 15.9. The van der Waals surface area contributed by atoms with E-state index in [-0.39, 0.29) is 12.1 Å². The van der Waals surface area contributed by atoms with Gasteiger partial charge in [0.2, 0.25) is 0 Å². The lowest BCUT2D eigenvalue weighted by Crippen LogP contribution is -2.57. The number of nitrogens with one attached hydrogen (secondary N) is 1. The van der Waals surface area contributed by atoms with E-state index in [2.05, 4.69) is 26.1 Å². The Morgan fingerprint density at radius 3 is 2.35 bits per heavy atom. The first-order valence-corrected chi connectivity index (χ1v) is 9.33. The number of hydrogen-bond acceptors (Lipinski definition) is 3. The minimum atomic E-state index is -0.424. The number of ether oxygens (including phenoxy) is 1. The highest BCUT2D eigenvalue weighted by Crippen LogP contribution is 2.35. The number of amides is 1. The fraction of sp³-hybridized carbons (Fsp3) is 0.947. The molecular weight excluding hydrogens is 288 g/mol. The molecule has 1 saturated carbocycles. The first kappa shape index (κ1) is 18.6. The van der Waals surface area contributed by atoms with Crippen molar-refractivity contribution in [2.75, 3.05) is 6.54 Å². The van der Waals surface area contributed by atoms with Crippen molar-refractivity contribution < 1.29 is 9.53 Å². The van der Waals surface area contributed by atoms with E-state index in [0.29, 0.717) is 17.5 Å². The second-order valence-electron chi connectivity index (χ2n) is 9.27. The number of nitrogens with zero attached hydrogens (tertiary/aromatic N) is 1. The highest BCUT2D eigenvalue weighted by atomic mass is 16.6. The zero-order valence-corrected chi connectivity index (χ0v) is 15.9. The van der Waals surface area contributed by atoms with E-state index >= 15 is 0 Å². The van der Waals surface area contributed by atoms with Gasteiger partial charge in [-0.15, -0.1) is 0 Å². The molecule has 1 aliphatic carbocycles. The third kappa shape index (κ3) is 5.37. The number of rotatable bonds is 2. The number of carbonyl (C=O) groups excluding carboxylic acids is 1. The van der Waals surface area contributed by atoms with Crippen molar-refractivity contribution in [3.63, 3.8) is 0 Å². The first-order valence-electron chi connectivity index (χ1n) is 9.33. The number of likely N-dealkylation sites (tertiary alicyclic amines) is 1. The predicted octanol–water partition coefficient (Wildman–Crippen LogP) is 4.33. The summed E-state index contributed by atoms with van der Waals surface area (Å²) >= 11 is 0. The first-order chi connectivity index (χ1) is 10.6. The molecule has 2 rings (SSSR count). The van der Waals surface area contributed by atoms with Crippen molar-refractivity contribution in [3.8, 4) is 0 Å². The maximum atomic E-state index is 12.4.